The van der Waals surface area contributed by atoms with Gasteiger partial charge in [-0.1, -0.05) is 36.8 Å². The summed E-state index contributed by atoms with van der Waals surface area (Å²) in [4.78, 5) is 16.8. The van der Waals surface area contributed by atoms with E-state index >= 15 is 0 Å². The van der Waals surface area contributed by atoms with Crippen LogP contribution in [0.15, 0.2) is 77.6 Å². The van der Waals surface area contributed by atoms with E-state index in [1.54, 1.807) is 12.1 Å². The Morgan fingerprint density at radius 3 is 2.24 bits per heavy atom. The minimum Gasteiger partial charge on any atom is -0.506 e. The van der Waals surface area contributed by atoms with E-state index in [4.69, 9.17) is 0 Å². The van der Waals surface area contributed by atoms with Gasteiger partial charge in [-0.15, -0.1) is 0 Å². The molecule has 0 saturated carbocycles. The van der Waals surface area contributed by atoms with E-state index in [2.05, 4.69) is 69.0 Å². The van der Waals surface area contributed by atoms with Crippen LogP contribution in [0, 0.1) is 0 Å². The van der Waals surface area contributed by atoms with Gasteiger partial charge in [-0.3, -0.25) is 9.69 Å². The standard InChI is InChI=1S/C31H36N4O3/c36-28-14-12-26(27-13-15-30(38)34-31(27)28)29(37)20-32-17-16-22-4-8-24(9-5-22)33-25-10-6-23(7-11-25)21-35-18-2-1-3-19-35/h4-15,29,32-33,36-37H,1-3,16-21H2,(H,34,38)/t29-/m0/s1. The van der Waals surface area contributed by atoms with Gasteiger partial charge in [0.25, 0.3) is 0 Å². The number of hydrogen-bond acceptors (Lipinski definition) is 6. The van der Waals surface area contributed by atoms with Crippen molar-refractivity contribution in [1.82, 2.24) is 15.2 Å². The van der Waals surface area contributed by atoms with E-state index in [9.17, 15) is 15.0 Å². The molecule has 1 aliphatic rings. The number of H-pyrrole nitrogens is 1. The highest BCUT2D eigenvalue weighted by Gasteiger charge is 2.14. The molecular weight excluding hydrogens is 476 g/mol. The highest BCUT2D eigenvalue weighted by atomic mass is 16.3. The van der Waals surface area contributed by atoms with Gasteiger partial charge in [-0.05, 0) is 92.0 Å². The summed E-state index contributed by atoms with van der Waals surface area (Å²) in [5.74, 6) is -0.00980. The van der Waals surface area contributed by atoms with Gasteiger partial charge in [0.1, 0.15) is 5.75 Å². The Balaban J connectivity index is 1.08. The van der Waals surface area contributed by atoms with Crippen LogP contribution in [-0.4, -0.2) is 46.3 Å². The maximum absolute atomic E-state index is 11.6. The molecule has 1 aliphatic heterocycles. The fourth-order valence-electron chi connectivity index (χ4n) is 5.12. The number of aliphatic hydroxyl groups is 1. The molecule has 0 radical (unpaired) electrons. The number of benzene rings is 3. The van der Waals surface area contributed by atoms with Gasteiger partial charge in [0.15, 0.2) is 0 Å². The van der Waals surface area contributed by atoms with Crippen LogP contribution in [0.5, 0.6) is 5.75 Å². The van der Waals surface area contributed by atoms with Crippen molar-refractivity contribution >= 4 is 22.3 Å². The lowest BCUT2D eigenvalue weighted by Gasteiger charge is -2.26. The lowest BCUT2D eigenvalue weighted by molar-refractivity contribution is 0.176. The van der Waals surface area contributed by atoms with Gasteiger partial charge >= 0.3 is 0 Å². The Bertz CT molecular complexity index is 1390. The lowest BCUT2D eigenvalue weighted by Crippen LogP contribution is -2.29. The number of aromatic nitrogens is 1. The molecule has 1 saturated heterocycles. The zero-order valence-electron chi connectivity index (χ0n) is 21.6. The number of nitrogens with zero attached hydrogens (tertiary/aromatic N) is 1. The number of aromatic hydroxyl groups is 1. The van der Waals surface area contributed by atoms with Gasteiger partial charge in [0.2, 0.25) is 5.56 Å². The Hall–Kier alpha value is -3.65. The predicted molar refractivity (Wildman–Crippen MR) is 153 cm³/mol. The quantitative estimate of drug-likeness (QED) is 0.195. The highest BCUT2D eigenvalue weighted by molar-refractivity contribution is 5.87. The summed E-state index contributed by atoms with van der Waals surface area (Å²) in [6.07, 6.45) is 4.06. The number of pyridine rings is 1. The van der Waals surface area contributed by atoms with Crippen LogP contribution in [-0.2, 0) is 13.0 Å². The monoisotopic (exact) mass is 512 g/mol. The van der Waals surface area contributed by atoms with E-state index in [1.165, 1.54) is 55.6 Å². The topological polar surface area (TPSA) is 101 Å². The minimum atomic E-state index is -0.762. The number of aromatic amines is 1. The summed E-state index contributed by atoms with van der Waals surface area (Å²) in [7, 11) is 0. The second kappa shape index (κ2) is 12.3. The van der Waals surface area contributed by atoms with Crippen LogP contribution in [0.1, 0.15) is 42.1 Å². The molecule has 2 heterocycles. The van der Waals surface area contributed by atoms with Crippen LogP contribution >= 0.6 is 0 Å². The molecule has 7 nitrogen and oxygen atoms in total. The summed E-state index contributed by atoms with van der Waals surface area (Å²) in [5, 5.41) is 28.2. The van der Waals surface area contributed by atoms with E-state index in [0.717, 1.165) is 30.9 Å². The third-order valence-electron chi connectivity index (χ3n) is 7.25. The first-order valence-corrected chi connectivity index (χ1v) is 13.5. The third kappa shape index (κ3) is 6.61. The maximum Gasteiger partial charge on any atom is 0.248 e. The molecule has 1 atom stereocenters. The average molecular weight is 513 g/mol. The second-order valence-corrected chi connectivity index (χ2v) is 10.1. The molecular formula is C31H36N4O3. The number of anilines is 2. The molecule has 0 amide bonds. The molecule has 0 bridgehead atoms. The van der Waals surface area contributed by atoms with Gasteiger partial charge in [0, 0.05) is 35.9 Å². The van der Waals surface area contributed by atoms with Crippen molar-refractivity contribution in [2.75, 3.05) is 31.5 Å². The fourth-order valence-corrected chi connectivity index (χ4v) is 5.12. The van der Waals surface area contributed by atoms with Crippen molar-refractivity contribution in [1.29, 1.82) is 0 Å². The van der Waals surface area contributed by atoms with Crippen LogP contribution < -0.4 is 16.2 Å². The first-order chi connectivity index (χ1) is 18.5. The Morgan fingerprint density at radius 1 is 0.842 bits per heavy atom. The van der Waals surface area contributed by atoms with E-state index in [1.807, 2.05) is 0 Å². The number of hydrogen-bond donors (Lipinski definition) is 5. The molecule has 198 valence electrons. The second-order valence-electron chi connectivity index (χ2n) is 10.1. The normalized spacial score (nSPS) is 15.0. The van der Waals surface area contributed by atoms with Crippen molar-refractivity contribution in [3.63, 3.8) is 0 Å². The van der Waals surface area contributed by atoms with E-state index in [-0.39, 0.29) is 11.3 Å². The largest absolute Gasteiger partial charge is 0.506 e. The van der Waals surface area contributed by atoms with Gasteiger partial charge in [-0.25, -0.2) is 0 Å². The lowest BCUT2D eigenvalue weighted by atomic mass is 10.0. The first-order valence-electron chi connectivity index (χ1n) is 13.5. The van der Waals surface area contributed by atoms with Crippen LogP contribution in [0.4, 0.5) is 11.4 Å². The molecule has 7 heteroatoms. The fraction of sp³-hybridized carbons (Fsp3) is 0.323. The predicted octanol–water partition coefficient (Wildman–Crippen LogP) is 4.83. The average Bonchev–Trinajstić information content (AvgIpc) is 2.94. The van der Waals surface area contributed by atoms with Crippen molar-refractivity contribution in [3.8, 4) is 5.75 Å². The van der Waals surface area contributed by atoms with Crippen molar-refractivity contribution in [2.24, 2.45) is 0 Å². The Kier molecular flexibility index (Phi) is 8.38. The van der Waals surface area contributed by atoms with Crippen LogP contribution in [0.3, 0.4) is 0 Å². The van der Waals surface area contributed by atoms with Gasteiger partial charge < -0.3 is 25.8 Å². The number of nitrogens with one attached hydrogen (secondary N) is 3. The molecule has 1 aromatic heterocycles. The van der Waals surface area contributed by atoms with Crippen molar-refractivity contribution < 1.29 is 10.2 Å². The molecule has 1 fully saturated rings. The SMILES string of the molecule is O=c1ccc2c([C@@H](O)CNCCc3ccc(Nc4ccc(CN5CCCCC5)cc4)cc3)ccc(O)c2[nH]1. The summed E-state index contributed by atoms with van der Waals surface area (Å²) in [6.45, 7) is 4.54. The molecule has 38 heavy (non-hydrogen) atoms. The van der Waals surface area contributed by atoms with Crippen LogP contribution in [0.2, 0.25) is 0 Å². The number of piperidine rings is 1. The van der Waals surface area contributed by atoms with E-state index in [0.29, 0.717) is 23.0 Å². The highest BCUT2D eigenvalue weighted by Crippen LogP contribution is 2.28. The van der Waals surface area contributed by atoms with Crippen molar-refractivity contribution in [3.05, 3.63) is 99.8 Å². The third-order valence-corrected chi connectivity index (χ3v) is 7.25. The summed E-state index contributed by atoms with van der Waals surface area (Å²) >= 11 is 0. The summed E-state index contributed by atoms with van der Waals surface area (Å²) in [6, 6.07) is 23.4. The number of fused-ring (bicyclic) bond motifs is 1. The molecule has 3 aromatic carbocycles. The van der Waals surface area contributed by atoms with E-state index < -0.39 is 6.10 Å². The molecule has 0 aliphatic carbocycles. The number of phenols is 1. The van der Waals surface area contributed by atoms with Gasteiger partial charge in [0.05, 0.1) is 11.6 Å². The molecule has 0 spiro atoms. The van der Waals surface area contributed by atoms with Crippen molar-refractivity contribution in [2.45, 2.75) is 38.3 Å². The number of likely N-dealkylation sites (tertiary alicyclic amines) is 1. The minimum absolute atomic E-state index is 0.00980. The summed E-state index contributed by atoms with van der Waals surface area (Å²) in [5.41, 5.74) is 5.42. The van der Waals surface area contributed by atoms with Crippen LogP contribution in [0.25, 0.3) is 10.9 Å². The number of rotatable bonds is 10. The first kappa shape index (κ1) is 26.0. The Morgan fingerprint density at radius 2 is 1.53 bits per heavy atom. The molecule has 0 unspecified atom stereocenters. The zero-order valence-corrected chi connectivity index (χ0v) is 21.6. The smallest absolute Gasteiger partial charge is 0.248 e. The molecule has 5 rings (SSSR count). The number of aliphatic hydroxyl groups excluding tert-OH is 1. The Labute approximate surface area is 223 Å². The molecule has 4 aromatic rings. The summed E-state index contributed by atoms with van der Waals surface area (Å²) < 4.78 is 0. The zero-order chi connectivity index (χ0) is 26.3. The number of phenolic OH excluding ortho intramolecular Hbond substituents is 1. The van der Waals surface area contributed by atoms with Gasteiger partial charge in [-0.2, -0.15) is 0 Å². The molecule has 5 N–H and O–H groups in total. The maximum atomic E-state index is 11.6.